The molecule has 0 saturated heterocycles. The van der Waals surface area contributed by atoms with Crippen molar-refractivity contribution in [3.05, 3.63) is 90.6 Å². The monoisotopic (exact) mass is 507 g/mol. The molecule has 0 unspecified atom stereocenters. The van der Waals surface area contributed by atoms with Crippen molar-refractivity contribution in [2.24, 2.45) is 0 Å². The summed E-state index contributed by atoms with van der Waals surface area (Å²) in [6.07, 6.45) is 30.9. The molecule has 0 fully saturated rings. The zero-order chi connectivity index (χ0) is 26.8. The Balaban J connectivity index is 1.91. The van der Waals surface area contributed by atoms with Crippen LogP contribution in [0.15, 0.2) is 85.0 Å². The molecule has 0 saturated carbocycles. The third-order valence-electron chi connectivity index (χ3n) is 5.40. The van der Waals surface area contributed by atoms with Crippen molar-refractivity contribution in [1.29, 1.82) is 0 Å². The van der Waals surface area contributed by atoms with E-state index in [-0.39, 0.29) is 29.6 Å². The van der Waals surface area contributed by atoms with Gasteiger partial charge in [0, 0.05) is 19.6 Å². The van der Waals surface area contributed by atoms with Crippen molar-refractivity contribution < 1.29 is 19.4 Å². The minimum absolute atomic E-state index is 0.0367. The molecule has 0 radical (unpaired) electrons. The molecule has 2 N–H and O–H groups in total. The van der Waals surface area contributed by atoms with Crippen LogP contribution in [-0.4, -0.2) is 36.6 Å². The lowest BCUT2D eigenvalue weighted by molar-refractivity contribution is -0.123. The second-order valence-corrected chi connectivity index (χ2v) is 8.67. The molecule has 1 amide bonds. The molecule has 0 aromatic heterocycles. The van der Waals surface area contributed by atoms with Gasteiger partial charge in [-0.2, -0.15) is 0 Å². The van der Waals surface area contributed by atoms with E-state index >= 15 is 0 Å². The van der Waals surface area contributed by atoms with E-state index < -0.39 is 0 Å². The molecule has 1 rings (SSSR count). The van der Waals surface area contributed by atoms with Gasteiger partial charge in [-0.1, -0.05) is 79.8 Å². The van der Waals surface area contributed by atoms with Gasteiger partial charge in [0.2, 0.25) is 0 Å². The smallest absolute Gasteiger partial charge is 0.255 e. The number of phenolic OH excluding ortho intramolecular Hbond substituents is 1. The molecule has 0 aliphatic heterocycles. The highest BCUT2D eigenvalue weighted by Crippen LogP contribution is 2.14. The second-order valence-electron chi connectivity index (χ2n) is 8.67. The van der Waals surface area contributed by atoms with Gasteiger partial charge in [-0.15, -0.1) is 0 Å². The number of benzene rings is 1. The van der Waals surface area contributed by atoms with Gasteiger partial charge < -0.3 is 15.2 Å². The summed E-state index contributed by atoms with van der Waals surface area (Å²) in [6.45, 7) is 3.23. The van der Waals surface area contributed by atoms with Crippen LogP contribution >= 0.6 is 0 Å². The Morgan fingerprint density at radius 3 is 2.03 bits per heavy atom. The quantitative estimate of drug-likeness (QED) is 0.134. The number of nitrogens with one attached hydrogen (secondary N) is 1. The number of hydrogen-bond donors (Lipinski definition) is 2. The highest BCUT2D eigenvalue weighted by Gasteiger charge is 2.09. The summed E-state index contributed by atoms with van der Waals surface area (Å²) < 4.78 is 5.47. The van der Waals surface area contributed by atoms with Gasteiger partial charge in [0.25, 0.3) is 5.91 Å². The minimum atomic E-state index is -0.339. The molecule has 5 nitrogen and oxygen atoms in total. The van der Waals surface area contributed by atoms with Gasteiger partial charge in [-0.3, -0.25) is 9.59 Å². The minimum Gasteiger partial charge on any atom is -0.507 e. The van der Waals surface area contributed by atoms with E-state index in [1.54, 1.807) is 18.2 Å². The number of phenols is 1. The Bertz CT molecular complexity index is 896. The second kappa shape index (κ2) is 23.2. The summed E-state index contributed by atoms with van der Waals surface area (Å²) in [7, 11) is 0. The fourth-order valence-electron chi connectivity index (χ4n) is 3.34. The first-order valence-electron chi connectivity index (χ1n) is 13.6. The summed E-state index contributed by atoms with van der Waals surface area (Å²) in [4.78, 5) is 23.9. The lowest BCUT2D eigenvalue weighted by atomic mass is 10.2. The van der Waals surface area contributed by atoms with Gasteiger partial charge in [-0.25, -0.2) is 0 Å². The number of amides is 1. The number of unbranched alkanes of at least 4 members (excludes halogenated alkanes) is 2. The lowest BCUT2D eigenvalue weighted by Gasteiger charge is -2.07. The van der Waals surface area contributed by atoms with Gasteiger partial charge in [0.05, 0.1) is 5.56 Å². The van der Waals surface area contributed by atoms with Crippen molar-refractivity contribution in [3.63, 3.8) is 0 Å². The molecule has 202 valence electrons. The molecule has 0 heterocycles. The molecule has 1 aromatic rings. The first kappa shape index (κ1) is 31.8. The number of carbonyl (C=O) groups excluding carboxylic acids is 2. The van der Waals surface area contributed by atoms with Gasteiger partial charge in [0.15, 0.2) is 5.78 Å². The van der Waals surface area contributed by atoms with Gasteiger partial charge in [-0.05, 0) is 69.9 Å². The summed E-state index contributed by atoms with van der Waals surface area (Å²) in [6, 6.07) is 6.39. The molecule has 0 aliphatic rings. The Hall–Kier alpha value is -3.18. The molecule has 5 heteroatoms. The highest BCUT2D eigenvalue weighted by atomic mass is 16.5. The number of ketones is 1. The molecule has 0 bridgehead atoms. The normalized spacial score (nSPS) is 12.1. The van der Waals surface area contributed by atoms with Crippen LogP contribution in [0.1, 0.15) is 81.5 Å². The Morgan fingerprint density at radius 1 is 0.811 bits per heavy atom. The van der Waals surface area contributed by atoms with E-state index in [2.05, 4.69) is 73.0 Å². The first-order valence-corrected chi connectivity index (χ1v) is 13.6. The maximum Gasteiger partial charge on any atom is 0.255 e. The van der Waals surface area contributed by atoms with E-state index in [4.69, 9.17) is 4.74 Å². The van der Waals surface area contributed by atoms with Crippen LogP contribution < -0.4 is 5.32 Å². The third kappa shape index (κ3) is 18.7. The zero-order valence-electron chi connectivity index (χ0n) is 22.4. The van der Waals surface area contributed by atoms with Crippen LogP contribution in [0.5, 0.6) is 5.75 Å². The lowest BCUT2D eigenvalue weighted by Crippen LogP contribution is -2.25. The van der Waals surface area contributed by atoms with Crippen LogP contribution in [0.3, 0.4) is 0 Å². The number of aromatic hydroxyl groups is 1. The van der Waals surface area contributed by atoms with Crippen LogP contribution in [0.2, 0.25) is 0 Å². The van der Waals surface area contributed by atoms with Crippen molar-refractivity contribution in [1.82, 2.24) is 5.32 Å². The Morgan fingerprint density at radius 2 is 1.41 bits per heavy atom. The first-order chi connectivity index (χ1) is 18.1. The Labute approximate surface area is 223 Å². The van der Waals surface area contributed by atoms with Crippen LogP contribution in [0.4, 0.5) is 0 Å². The molecular formula is C32H45NO4. The summed E-state index contributed by atoms with van der Waals surface area (Å²) in [5.41, 5.74) is 0.238. The number of carbonyl (C=O) groups is 2. The highest BCUT2D eigenvalue weighted by molar-refractivity contribution is 5.96. The van der Waals surface area contributed by atoms with Gasteiger partial charge in [0.1, 0.15) is 12.4 Å². The average molecular weight is 508 g/mol. The maximum atomic E-state index is 12.0. The van der Waals surface area contributed by atoms with Crippen molar-refractivity contribution in [3.8, 4) is 5.75 Å². The molecule has 0 atom stereocenters. The van der Waals surface area contributed by atoms with Crippen molar-refractivity contribution in [2.75, 3.05) is 19.8 Å². The number of para-hydroxylation sites is 1. The third-order valence-corrected chi connectivity index (χ3v) is 5.40. The van der Waals surface area contributed by atoms with E-state index in [0.717, 1.165) is 51.4 Å². The average Bonchev–Trinajstić information content (AvgIpc) is 2.90. The molecule has 1 aromatic carbocycles. The summed E-state index contributed by atoms with van der Waals surface area (Å²) in [5, 5.41) is 12.4. The van der Waals surface area contributed by atoms with E-state index in [0.29, 0.717) is 26.0 Å². The number of allylic oxidation sites excluding steroid dienone is 10. The summed E-state index contributed by atoms with van der Waals surface area (Å²) in [5.74, 6) is -0.352. The molecule has 0 aliphatic carbocycles. The van der Waals surface area contributed by atoms with E-state index in [1.807, 2.05) is 0 Å². The topological polar surface area (TPSA) is 75.6 Å². The van der Waals surface area contributed by atoms with Gasteiger partial charge >= 0.3 is 0 Å². The predicted molar refractivity (Wildman–Crippen MR) is 154 cm³/mol. The van der Waals surface area contributed by atoms with Crippen LogP contribution in [0.25, 0.3) is 0 Å². The van der Waals surface area contributed by atoms with E-state index in [9.17, 15) is 14.7 Å². The van der Waals surface area contributed by atoms with Crippen LogP contribution in [0, 0.1) is 0 Å². The number of hydrogen-bond acceptors (Lipinski definition) is 4. The Kier molecular flexibility index (Phi) is 20.0. The number of Topliss-reactive ketones (excluding diaryl/α,β-unsaturated/α-hetero) is 1. The zero-order valence-corrected chi connectivity index (χ0v) is 22.4. The predicted octanol–water partition coefficient (Wildman–Crippen LogP) is 7.41. The fraction of sp³-hybridized carbons (Fsp3) is 0.438. The summed E-state index contributed by atoms with van der Waals surface area (Å²) >= 11 is 0. The number of rotatable bonds is 21. The fourth-order valence-corrected chi connectivity index (χ4v) is 3.34. The SMILES string of the molecule is CC/C=C\C/C=C\C/C=C\C/C=C\C/C=C\CCCCOCC(=O)CCCNC(=O)c1ccccc1O. The largest absolute Gasteiger partial charge is 0.507 e. The standard InChI is InChI=1S/C32H45NO4/c1-2-3-4-5-6-7-8-9-10-11-12-13-14-15-16-17-18-21-27-37-28-29(34)23-22-26-33-32(36)30-24-19-20-25-31(30)35/h3-4,6-7,9-10,12-13,15-16,19-20,24-25,35H,2,5,8,11,14,17-18,21-23,26-28H2,1H3,(H,33,36)/b4-3-,7-6-,10-9-,13-12-,16-15-. The van der Waals surface area contributed by atoms with E-state index in [1.165, 1.54) is 6.07 Å². The number of ether oxygens (including phenoxy) is 1. The molecule has 0 spiro atoms. The van der Waals surface area contributed by atoms with Crippen molar-refractivity contribution >= 4 is 11.7 Å². The molecule has 37 heavy (non-hydrogen) atoms. The van der Waals surface area contributed by atoms with Crippen LogP contribution in [-0.2, 0) is 9.53 Å². The maximum absolute atomic E-state index is 12.0. The molecular weight excluding hydrogens is 462 g/mol. The van der Waals surface area contributed by atoms with Crippen molar-refractivity contribution in [2.45, 2.75) is 71.1 Å².